The molecule has 1 aliphatic rings. The molecule has 1 aromatic carbocycles. The topological polar surface area (TPSA) is 91.2 Å². The molecule has 0 atom stereocenters. The minimum atomic E-state index is -0.280. The highest BCUT2D eigenvalue weighted by Gasteiger charge is 2.15. The van der Waals surface area contributed by atoms with Gasteiger partial charge in [-0.1, -0.05) is 6.07 Å². The lowest BCUT2D eigenvalue weighted by Gasteiger charge is -2.18. The molecule has 0 aromatic heterocycles. The van der Waals surface area contributed by atoms with Gasteiger partial charge >= 0.3 is 0 Å². The van der Waals surface area contributed by atoms with E-state index < -0.39 is 0 Å². The molecule has 6 heteroatoms. The van der Waals surface area contributed by atoms with Crippen molar-refractivity contribution in [1.29, 1.82) is 5.26 Å². The van der Waals surface area contributed by atoms with Crippen LogP contribution >= 0.6 is 0 Å². The Labute approximate surface area is 110 Å². The van der Waals surface area contributed by atoms with Gasteiger partial charge in [0.1, 0.15) is 12.2 Å². The summed E-state index contributed by atoms with van der Waals surface area (Å²) in [4.78, 5) is 22.3. The minimum Gasteiger partial charge on any atom is -0.482 e. The molecule has 2 N–H and O–H groups in total. The zero-order valence-corrected chi connectivity index (χ0v) is 10.2. The van der Waals surface area contributed by atoms with Crippen LogP contribution in [0.3, 0.4) is 0 Å². The number of amides is 2. The number of anilines is 1. The Hall–Kier alpha value is -2.55. The number of nitrogens with one attached hydrogen (secondary N) is 2. The second-order valence-electron chi connectivity index (χ2n) is 4.10. The summed E-state index contributed by atoms with van der Waals surface area (Å²) in [5, 5.41) is 13.7. The Morgan fingerprint density at radius 1 is 1.53 bits per heavy atom. The number of benzene rings is 1. The second-order valence-corrected chi connectivity index (χ2v) is 4.10. The fourth-order valence-corrected chi connectivity index (χ4v) is 1.77. The first kappa shape index (κ1) is 12.9. The van der Waals surface area contributed by atoms with Gasteiger partial charge in [0.05, 0.1) is 11.8 Å². The Kier molecular flexibility index (Phi) is 3.98. The number of nitriles is 1. The summed E-state index contributed by atoms with van der Waals surface area (Å²) in [6.07, 6.45) is 0.494. The maximum absolute atomic E-state index is 11.2. The van der Waals surface area contributed by atoms with E-state index in [0.717, 1.165) is 5.56 Å². The second kappa shape index (κ2) is 5.87. The van der Waals surface area contributed by atoms with Crippen molar-refractivity contribution in [3.8, 4) is 11.8 Å². The van der Waals surface area contributed by atoms with Gasteiger partial charge in [-0.15, -0.1) is 0 Å². The van der Waals surface area contributed by atoms with Crippen molar-refractivity contribution in [1.82, 2.24) is 5.32 Å². The molecule has 0 spiro atoms. The average Bonchev–Trinajstić information content (AvgIpc) is 2.38. The van der Waals surface area contributed by atoms with Gasteiger partial charge in [-0.3, -0.25) is 9.59 Å². The Morgan fingerprint density at radius 2 is 2.37 bits per heavy atom. The Balaban J connectivity index is 1.92. The number of hydrogen-bond donors (Lipinski definition) is 2. The van der Waals surface area contributed by atoms with Gasteiger partial charge in [0.15, 0.2) is 6.61 Å². The standard InChI is InChI=1S/C13H13N3O3/c14-5-3-12(17)15-6-4-9-1-2-11-10(7-9)16-13(18)8-19-11/h1-2,7H,3-4,6,8H2,(H,15,17)(H,16,18). The molecule has 19 heavy (non-hydrogen) atoms. The van der Waals surface area contributed by atoms with Crippen LogP contribution in [0.25, 0.3) is 0 Å². The number of ether oxygens (including phenoxy) is 1. The van der Waals surface area contributed by atoms with Crippen LogP contribution in [0.1, 0.15) is 12.0 Å². The molecule has 0 saturated carbocycles. The lowest BCUT2D eigenvalue weighted by Crippen LogP contribution is -2.26. The minimum absolute atomic E-state index is 0.0383. The zero-order valence-electron chi connectivity index (χ0n) is 10.2. The van der Waals surface area contributed by atoms with E-state index in [-0.39, 0.29) is 24.8 Å². The van der Waals surface area contributed by atoms with Crippen LogP contribution in [-0.2, 0) is 16.0 Å². The van der Waals surface area contributed by atoms with Gasteiger partial charge in [-0.05, 0) is 24.1 Å². The van der Waals surface area contributed by atoms with Crippen LogP contribution in [0.5, 0.6) is 5.75 Å². The first-order valence-electron chi connectivity index (χ1n) is 5.88. The molecule has 0 saturated heterocycles. The summed E-state index contributed by atoms with van der Waals surface area (Å²) in [7, 11) is 0. The molecule has 2 amide bonds. The number of hydrogen-bond acceptors (Lipinski definition) is 4. The van der Waals surface area contributed by atoms with Crippen molar-refractivity contribution in [3.05, 3.63) is 23.8 Å². The maximum atomic E-state index is 11.2. The number of nitrogens with zero attached hydrogens (tertiary/aromatic N) is 1. The average molecular weight is 259 g/mol. The molecule has 0 unspecified atom stereocenters. The fraction of sp³-hybridized carbons (Fsp3) is 0.308. The zero-order chi connectivity index (χ0) is 13.7. The fourth-order valence-electron chi connectivity index (χ4n) is 1.77. The van der Waals surface area contributed by atoms with Crippen LogP contribution in [0.4, 0.5) is 5.69 Å². The van der Waals surface area contributed by atoms with Gasteiger partial charge < -0.3 is 15.4 Å². The summed E-state index contributed by atoms with van der Waals surface area (Å²) in [6, 6.07) is 7.28. The van der Waals surface area contributed by atoms with E-state index in [1.165, 1.54) is 0 Å². The first-order valence-corrected chi connectivity index (χ1v) is 5.88. The Bertz CT molecular complexity index is 549. The highest BCUT2D eigenvalue weighted by Crippen LogP contribution is 2.28. The van der Waals surface area contributed by atoms with Gasteiger partial charge in [0.25, 0.3) is 5.91 Å². The van der Waals surface area contributed by atoms with Crippen molar-refractivity contribution < 1.29 is 14.3 Å². The molecule has 0 aliphatic carbocycles. The lowest BCUT2D eigenvalue weighted by atomic mass is 10.1. The van der Waals surface area contributed by atoms with Crippen molar-refractivity contribution in [2.24, 2.45) is 0 Å². The highest BCUT2D eigenvalue weighted by atomic mass is 16.5. The van der Waals surface area contributed by atoms with E-state index >= 15 is 0 Å². The van der Waals surface area contributed by atoms with Crippen LogP contribution in [-0.4, -0.2) is 25.0 Å². The molecule has 2 rings (SSSR count). The number of carbonyl (C=O) groups excluding carboxylic acids is 2. The largest absolute Gasteiger partial charge is 0.482 e. The summed E-state index contributed by atoms with van der Waals surface area (Å²) < 4.78 is 5.25. The summed E-state index contributed by atoms with van der Waals surface area (Å²) in [6.45, 7) is 0.491. The van der Waals surface area contributed by atoms with E-state index in [4.69, 9.17) is 10.00 Å². The smallest absolute Gasteiger partial charge is 0.262 e. The van der Waals surface area contributed by atoms with Crippen LogP contribution < -0.4 is 15.4 Å². The van der Waals surface area contributed by atoms with Crippen molar-refractivity contribution in [2.75, 3.05) is 18.5 Å². The molecule has 0 radical (unpaired) electrons. The van der Waals surface area contributed by atoms with Gasteiger partial charge in [-0.2, -0.15) is 5.26 Å². The molecule has 1 aliphatic heterocycles. The van der Waals surface area contributed by atoms with Crippen LogP contribution in [0, 0.1) is 11.3 Å². The maximum Gasteiger partial charge on any atom is 0.262 e. The predicted molar refractivity (Wildman–Crippen MR) is 67.5 cm³/mol. The quantitative estimate of drug-likeness (QED) is 0.827. The highest BCUT2D eigenvalue weighted by molar-refractivity contribution is 5.95. The number of carbonyl (C=O) groups is 2. The monoisotopic (exact) mass is 259 g/mol. The molecule has 0 fully saturated rings. The van der Waals surface area contributed by atoms with Crippen LogP contribution in [0.15, 0.2) is 18.2 Å². The Morgan fingerprint density at radius 3 is 3.16 bits per heavy atom. The van der Waals surface area contributed by atoms with E-state index in [1.807, 2.05) is 12.1 Å². The molecule has 98 valence electrons. The van der Waals surface area contributed by atoms with Crippen LogP contribution in [0.2, 0.25) is 0 Å². The normalized spacial score (nSPS) is 12.7. The van der Waals surface area contributed by atoms with Gasteiger partial charge in [-0.25, -0.2) is 0 Å². The van der Waals surface area contributed by atoms with Gasteiger partial charge in [0.2, 0.25) is 5.91 Å². The first-order chi connectivity index (χ1) is 9.19. The van der Waals surface area contributed by atoms with Crippen molar-refractivity contribution in [2.45, 2.75) is 12.8 Å². The molecule has 1 heterocycles. The molecular formula is C13H13N3O3. The van der Waals surface area contributed by atoms with Crippen molar-refractivity contribution >= 4 is 17.5 Å². The third-order valence-electron chi connectivity index (χ3n) is 2.65. The summed E-state index contributed by atoms with van der Waals surface area (Å²) in [5.74, 6) is 0.195. The molecule has 0 bridgehead atoms. The SMILES string of the molecule is N#CCC(=O)NCCc1ccc2c(c1)NC(=O)CO2. The molecular weight excluding hydrogens is 246 g/mol. The third-order valence-corrected chi connectivity index (χ3v) is 2.65. The van der Waals surface area contributed by atoms with E-state index in [2.05, 4.69) is 10.6 Å². The molecule has 1 aromatic rings. The van der Waals surface area contributed by atoms with E-state index in [0.29, 0.717) is 24.4 Å². The van der Waals surface area contributed by atoms with Crippen molar-refractivity contribution in [3.63, 3.8) is 0 Å². The summed E-state index contributed by atoms with van der Waals surface area (Å²) >= 11 is 0. The predicted octanol–water partition coefficient (Wildman–Crippen LogP) is 0.590. The number of rotatable bonds is 4. The summed E-state index contributed by atoms with van der Waals surface area (Å²) in [5.41, 5.74) is 1.62. The van der Waals surface area contributed by atoms with E-state index in [9.17, 15) is 9.59 Å². The van der Waals surface area contributed by atoms with Gasteiger partial charge in [0, 0.05) is 6.54 Å². The number of fused-ring (bicyclic) bond motifs is 1. The third kappa shape index (κ3) is 3.45. The van der Waals surface area contributed by atoms with E-state index in [1.54, 1.807) is 12.1 Å². The molecule has 6 nitrogen and oxygen atoms in total. The lowest BCUT2D eigenvalue weighted by molar-refractivity contribution is -0.120.